The highest BCUT2D eigenvalue weighted by molar-refractivity contribution is 9.10. The number of ether oxygens (including phenoxy) is 1. The highest BCUT2D eigenvalue weighted by Crippen LogP contribution is 2.24. The highest BCUT2D eigenvalue weighted by atomic mass is 79.9. The van der Waals surface area contributed by atoms with E-state index < -0.39 is 0 Å². The summed E-state index contributed by atoms with van der Waals surface area (Å²) in [6, 6.07) is 11.5. The van der Waals surface area contributed by atoms with Gasteiger partial charge in [-0.25, -0.2) is 4.98 Å². The number of hydrogen-bond acceptors (Lipinski definition) is 3. The topological polar surface area (TPSA) is 67.0 Å². The molecule has 2 N–H and O–H groups in total. The molecule has 0 aliphatic heterocycles. The van der Waals surface area contributed by atoms with Gasteiger partial charge in [0.05, 0.1) is 0 Å². The second-order valence-corrected chi connectivity index (χ2v) is 6.71. The zero-order chi connectivity index (χ0) is 17.8. The number of nitrogens with one attached hydrogen (secondary N) is 2. The first-order chi connectivity index (χ1) is 12.0. The van der Waals surface area contributed by atoms with E-state index in [4.69, 9.17) is 4.74 Å². The monoisotopic (exact) mass is 399 g/mol. The molecule has 0 spiro atoms. The molecule has 3 aromatic rings. The zero-order valence-corrected chi connectivity index (χ0v) is 15.6. The van der Waals surface area contributed by atoms with Crippen molar-refractivity contribution in [2.75, 3.05) is 0 Å². The second kappa shape index (κ2) is 7.53. The number of benzene rings is 1. The summed E-state index contributed by atoms with van der Waals surface area (Å²) >= 11 is 3.31. The number of halogens is 1. The van der Waals surface area contributed by atoms with Crippen LogP contribution in [0.25, 0.3) is 0 Å². The predicted octanol–water partition coefficient (Wildman–Crippen LogP) is 4.51. The first kappa shape index (κ1) is 17.2. The Morgan fingerprint density at radius 3 is 2.76 bits per heavy atom. The number of aromatic nitrogens is 2. The molecule has 0 radical (unpaired) electrons. The van der Waals surface area contributed by atoms with E-state index in [9.17, 15) is 4.79 Å². The Bertz CT molecular complexity index is 888. The average molecular weight is 400 g/mol. The van der Waals surface area contributed by atoms with Crippen LogP contribution in [0.3, 0.4) is 0 Å². The van der Waals surface area contributed by atoms with Crippen molar-refractivity contribution in [2.24, 2.45) is 0 Å². The maximum atomic E-state index is 12.0. The van der Waals surface area contributed by atoms with Crippen LogP contribution in [0.2, 0.25) is 0 Å². The zero-order valence-electron chi connectivity index (χ0n) is 14.0. The summed E-state index contributed by atoms with van der Waals surface area (Å²) in [5, 5.41) is 2.84. The Hall–Kier alpha value is -2.60. The van der Waals surface area contributed by atoms with Gasteiger partial charge in [-0.3, -0.25) is 4.79 Å². The second-order valence-electron chi connectivity index (χ2n) is 5.79. The van der Waals surface area contributed by atoms with Gasteiger partial charge >= 0.3 is 0 Å². The quantitative estimate of drug-likeness (QED) is 0.662. The van der Waals surface area contributed by atoms with Crippen molar-refractivity contribution in [2.45, 2.75) is 20.4 Å². The SMILES string of the molecule is Cc1ccc(C)c(Oc2ccc(CNC(=O)c3cc(Br)c[nH]3)cn2)c1. The standard InChI is InChI=1S/C19H18BrN3O2/c1-12-3-4-13(2)17(7-12)25-18-6-5-14(9-22-18)10-23-19(24)16-8-15(20)11-21-16/h3-9,11,21H,10H2,1-2H3,(H,23,24). The molecule has 5 nitrogen and oxygen atoms in total. The molecular weight excluding hydrogens is 382 g/mol. The molecule has 0 aliphatic rings. The number of aromatic amines is 1. The molecule has 0 aliphatic carbocycles. The number of carbonyl (C=O) groups is 1. The fourth-order valence-corrected chi connectivity index (χ4v) is 2.63. The third-order valence-electron chi connectivity index (χ3n) is 3.70. The van der Waals surface area contributed by atoms with Crippen molar-refractivity contribution < 1.29 is 9.53 Å². The molecule has 1 amide bonds. The van der Waals surface area contributed by atoms with Crippen molar-refractivity contribution >= 4 is 21.8 Å². The number of hydrogen-bond donors (Lipinski definition) is 2. The maximum absolute atomic E-state index is 12.0. The fraction of sp³-hybridized carbons (Fsp3) is 0.158. The molecule has 128 valence electrons. The van der Waals surface area contributed by atoms with E-state index in [-0.39, 0.29) is 5.91 Å². The van der Waals surface area contributed by atoms with Crippen molar-refractivity contribution in [3.05, 3.63) is 75.6 Å². The van der Waals surface area contributed by atoms with Gasteiger partial charge in [0.25, 0.3) is 5.91 Å². The molecule has 25 heavy (non-hydrogen) atoms. The largest absolute Gasteiger partial charge is 0.439 e. The highest BCUT2D eigenvalue weighted by Gasteiger charge is 2.08. The number of pyridine rings is 1. The molecule has 0 bridgehead atoms. The lowest BCUT2D eigenvalue weighted by atomic mass is 10.1. The van der Waals surface area contributed by atoms with Crippen LogP contribution in [0.15, 0.2) is 53.3 Å². The van der Waals surface area contributed by atoms with Gasteiger partial charge in [-0.05, 0) is 58.6 Å². The van der Waals surface area contributed by atoms with Crippen LogP contribution in [0.5, 0.6) is 11.6 Å². The summed E-state index contributed by atoms with van der Waals surface area (Å²) in [5.41, 5.74) is 3.60. The Balaban J connectivity index is 1.60. The van der Waals surface area contributed by atoms with Crippen LogP contribution in [-0.2, 0) is 6.54 Å². The van der Waals surface area contributed by atoms with Gasteiger partial charge in [0.2, 0.25) is 5.88 Å². The van der Waals surface area contributed by atoms with Crippen LogP contribution < -0.4 is 10.1 Å². The minimum absolute atomic E-state index is 0.165. The summed E-state index contributed by atoms with van der Waals surface area (Å²) in [7, 11) is 0. The van der Waals surface area contributed by atoms with Gasteiger partial charge in [0.1, 0.15) is 11.4 Å². The van der Waals surface area contributed by atoms with E-state index in [0.29, 0.717) is 18.1 Å². The summed E-state index contributed by atoms with van der Waals surface area (Å²) in [6.07, 6.45) is 3.42. The molecule has 0 saturated carbocycles. The van der Waals surface area contributed by atoms with Gasteiger partial charge in [-0.2, -0.15) is 0 Å². The smallest absolute Gasteiger partial charge is 0.268 e. The lowest BCUT2D eigenvalue weighted by molar-refractivity contribution is 0.0946. The van der Waals surface area contributed by atoms with Crippen LogP contribution in [0.1, 0.15) is 27.2 Å². The Kier molecular flexibility index (Phi) is 5.19. The summed E-state index contributed by atoms with van der Waals surface area (Å²) in [5.74, 6) is 1.16. The van der Waals surface area contributed by atoms with Gasteiger partial charge in [0, 0.05) is 29.5 Å². The van der Waals surface area contributed by atoms with Crippen LogP contribution in [-0.4, -0.2) is 15.9 Å². The molecule has 0 fully saturated rings. The lowest BCUT2D eigenvalue weighted by Crippen LogP contribution is -2.23. The number of amides is 1. The molecule has 2 heterocycles. The van der Waals surface area contributed by atoms with E-state index in [1.165, 1.54) is 0 Å². The summed E-state index contributed by atoms with van der Waals surface area (Å²) in [6.45, 7) is 4.41. The number of rotatable bonds is 5. The number of H-pyrrole nitrogens is 1. The Labute approximate surface area is 154 Å². The molecule has 0 saturated heterocycles. The van der Waals surface area contributed by atoms with Crippen molar-refractivity contribution in [3.63, 3.8) is 0 Å². The van der Waals surface area contributed by atoms with E-state index in [2.05, 4.69) is 31.2 Å². The van der Waals surface area contributed by atoms with E-state index in [0.717, 1.165) is 26.9 Å². The first-order valence-electron chi connectivity index (χ1n) is 7.83. The van der Waals surface area contributed by atoms with Crippen LogP contribution in [0, 0.1) is 13.8 Å². The van der Waals surface area contributed by atoms with E-state index in [1.807, 2.05) is 38.1 Å². The lowest BCUT2D eigenvalue weighted by Gasteiger charge is -2.09. The molecule has 6 heteroatoms. The molecule has 0 unspecified atom stereocenters. The molecule has 3 rings (SSSR count). The number of aryl methyl sites for hydroxylation is 2. The molecule has 1 aromatic carbocycles. The summed E-state index contributed by atoms with van der Waals surface area (Å²) in [4.78, 5) is 19.2. The molecule has 2 aromatic heterocycles. The van der Waals surface area contributed by atoms with Crippen molar-refractivity contribution in [1.82, 2.24) is 15.3 Å². The Morgan fingerprint density at radius 2 is 2.08 bits per heavy atom. The third kappa shape index (κ3) is 4.48. The normalized spacial score (nSPS) is 10.5. The Morgan fingerprint density at radius 1 is 1.24 bits per heavy atom. The van der Waals surface area contributed by atoms with Crippen LogP contribution in [0.4, 0.5) is 0 Å². The van der Waals surface area contributed by atoms with E-state index in [1.54, 1.807) is 24.5 Å². The van der Waals surface area contributed by atoms with E-state index >= 15 is 0 Å². The minimum atomic E-state index is -0.165. The fourth-order valence-electron chi connectivity index (χ4n) is 2.28. The van der Waals surface area contributed by atoms with Gasteiger partial charge in [-0.1, -0.05) is 18.2 Å². The first-order valence-corrected chi connectivity index (χ1v) is 8.63. The predicted molar refractivity (Wildman–Crippen MR) is 99.9 cm³/mol. The number of carbonyl (C=O) groups excluding carboxylic acids is 1. The van der Waals surface area contributed by atoms with Gasteiger partial charge in [-0.15, -0.1) is 0 Å². The van der Waals surface area contributed by atoms with Crippen LogP contribution >= 0.6 is 15.9 Å². The van der Waals surface area contributed by atoms with Crippen molar-refractivity contribution in [3.8, 4) is 11.6 Å². The summed E-state index contributed by atoms with van der Waals surface area (Å²) < 4.78 is 6.67. The third-order valence-corrected chi connectivity index (χ3v) is 4.16. The molecule has 0 atom stereocenters. The number of nitrogens with zero attached hydrogens (tertiary/aromatic N) is 1. The average Bonchev–Trinajstić information content (AvgIpc) is 3.04. The maximum Gasteiger partial charge on any atom is 0.268 e. The van der Waals surface area contributed by atoms with Gasteiger partial charge < -0.3 is 15.0 Å². The molecular formula is C19H18BrN3O2. The minimum Gasteiger partial charge on any atom is -0.439 e. The van der Waals surface area contributed by atoms with Crippen molar-refractivity contribution in [1.29, 1.82) is 0 Å². The van der Waals surface area contributed by atoms with Gasteiger partial charge in [0.15, 0.2) is 0 Å².